The molecule has 0 aliphatic carbocycles. The Morgan fingerprint density at radius 2 is 1.84 bits per heavy atom. The third kappa shape index (κ3) is 4.49. The number of para-hydroxylation sites is 1. The Labute approximate surface area is 187 Å². The van der Waals surface area contributed by atoms with E-state index in [0.29, 0.717) is 36.6 Å². The van der Waals surface area contributed by atoms with Crippen molar-refractivity contribution < 1.29 is 20.2 Å². The number of fused-ring (bicyclic) bond motifs is 2. The third-order valence-corrected chi connectivity index (χ3v) is 5.57. The topological polar surface area (TPSA) is 114 Å². The first-order chi connectivity index (χ1) is 15.1. The highest BCUT2D eigenvalue weighted by Gasteiger charge is 2.29. The molecular formula is C22H23BrN4O4. The van der Waals surface area contributed by atoms with Crippen LogP contribution in [0.5, 0.6) is 5.88 Å². The van der Waals surface area contributed by atoms with Gasteiger partial charge in [0.1, 0.15) is 18.0 Å². The second-order valence-electron chi connectivity index (χ2n) is 7.08. The van der Waals surface area contributed by atoms with Crippen molar-refractivity contribution in [1.82, 2.24) is 9.88 Å². The van der Waals surface area contributed by atoms with Crippen LogP contribution >= 0.6 is 15.9 Å². The number of hydrogen-bond donors (Lipinski definition) is 4. The van der Waals surface area contributed by atoms with E-state index < -0.39 is 0 Å². The van der Waals surface area contributed by atoms with Crippen LogP contribution in [0.3, 0.4) is 0 Å². The Morgan fingerprint density at radius 3 is 2.61 bits per heavy atom. The van der Waals surface area contributed by atoms with Crippen molar-refractivity contribution in [3.05, 3.63) is 58.1 Å². The maximum atomic E-state index is 10.6. The number of nitrogens with one attached hydrogen (secondary N) is 1. The molecule has 9 heteroatoms. The van der Waals surface area contributed by atoms with Gasteiger partial charge in [-0.2, -0.15) is 0 Å². The lowest BCUT2D eigenvalue weighted by atomic mass is 10.0. The number of aliphatic imine (C=N–C) groups is 1. The largest absolute Gasteiger partial charge is 0.494 e. The summed E-state index contributed by atoms with van der Waals surface area (Å²) in [5, 5.41) is 34.1. The molecule has 1 aliphatic rings. The summed E-state index contributed by atoms with van der Waals surface area (Å²) in [7, 11) is 0. The van der Waals surface area contributed by atoms with Crippen molar-refractivity contribution >= 4 is 43.9 Å². The third-order valence-electron chi connectivity index (χ3n) is 5.08. The van der Waals surface area contributed by atoms with Crippen molar-refractivity contribution in [3.8, 4) is 5.88 Å². The number of benzene rings is 2. The van der Waals surface area contributed by atoms with E-state index in [4.69, 9.17) is 20.0 Å². The minimum absolute atomic E-state index is 0.00859. The quantitative estimate of drug-likeness (QED) is 0.274. The highest BCUT2D eigenvalue weighted by molar-refractivity contribution is 9.10. The van der Waals surface area contributed by atoms with Gasteiger partial charge in [-0.3, -0.25) is 4.90 Å². The van der Waals surface area contributed by atoms with E-state index in [1.807, 2.05) is 47.4 Å². The van der Waals surface area contributed by atoms with Crippen molar-refractivity contribution in [2.45, 2.75) is 0 Å². The van der Waals surface area contributed by atoms with Crippen LogP contribution in [0.4, 0.5) is 5.69 Å². The molecule has 162 valence electrons. The molecule has 0 bridgehead atoms. The lowest BCUT2D eigenvalue weighted by Gasteiger charge is -2.18. The Bertz CT molecular complexity index is 1140. The molecule has 1 aromatic heterocycles. The van der Waals surface area contributed by atoms with E-state index in [1.165, 1.54) is 0 Å². The molecular weight excluding hydrogens is 464 g/mol. The van der Waals surface area contributed by atoms with Crippen LogP contribution in [-0.4, -0.2) is 76.1 Å². The number of aromatic amines is 1. The number of aromatic nitrogens is 1. The zero-order chi connectivity index (χ0) is 21.8. The van der Waals surface area contributed by atoms with Crippen molar-refractivity contribution in [1.29, 1.82) is 0 Å². The number of aliphatic hydroxyl groups excluding tert-OH is 2. The van der Waals surface area contributed by atoms with Gasteiger partial charge in [-0.05, 0) is 18.2 Å². The standard InChI is InChI=1S/C22H23BrN4O4/c23-14-5-6-15-18(13-14)25-22(30)19(15)21-20(16-3-1-2-4-17(16)24-21)26-31-12-9-27(7-10-28)8-11-29/h1-6,13,25,28-30H,7-12H2/b26-20+. The SMILES string of the molecule is OCCN(CCO)CCO/N=C1/C(c2c(O)[nH]c3cc(Br)ccc23)=Nc2ccccc21. The van der Waals surface area contributed by atoms with Gasteiger partial charge in [0.25, 0.3) is 0 Å². The molecule has 0 radical (unpaired) electrons. The van der Waals surface area contributed by atoms with E-state index >= 15 is 0 Å². The van der Waals surface area contributed by atoms with Gasteiger partial charge in [0, 0.05) is 35.1 Å². The van der Waals surface area contributed by atoms with E-state index in [1.54, 1.807) is 0 Å². The predicted octanol–water partition coefficient (Wildman–Crippen LogP) is 2.78. The number of hydrogen-bond acceptors (Lipinski definition) is 7. The smallest absolute Gasteiger partial charge is 0.199 e. The summed E-state index contributed by atoms with van der Waals surface area (Å²) in [4.78, 5) is 15.2. The van der Waals surface area contributed by atoms with Crippen LogP contribution in [0, 0.1) is 0 Å². The van der Waals surface area contributed by atoms with E-state index in [0.717, 1.165) is 26.6 Å². The zero-order valence-electron chi connectivity index (χ0n) is 16.8. The number of aliphatic hydroxyl groups is 2. The van der Waals surface area contributed by atoms with Gasteiger partial charge in [0.15, 0.2) is 5.88 Å². The molecule has 2 heterocycles. The van der Waals surface area contributed by atoms with E-state index in [9.17, 15) is 5.11 Å². The van der Waals surface area contributed by atoms with Crippen molar-refractivity contribution in [2.24, 2.45) is 10.1 Å². The van der Waals surface area contributed by atoms with Crippen LogP contribution in [0.1, 0.15) is 11.1 Å². The molecule has 0 unspecified atom stereocenters. The molecule has 0 spiro atoms. The predicted molar refractivity (Wildman–Crippen MR) is 123 cm³/mol. The van der Waals surface area contributed by atoms with Gasteiger partial charge in [-0.15, -0.1) is 0 Å². The van der Waals surface area contributed by atoms with E-state index in [-0.39, 0.29) is 25.7 Å². The highest BCUT2D eigenvalue weighted by Crippen LogP contribution is 2.36. The Kier molecular flexibility index (Phi) is 6.67. The maximum Gasteiger partial charge on any atom is 0.199 e. The maximum absolute atomic E-state index is 10.6. The summed E-state index contributed by atoms with van der Waals surface area (Å²) in [6, 6.07) is 13.3. The minimum atomic E-state index is 0.00859. The summed E-state index contributed by atoms with van der Waals surface area (Å²) >= 11 is 3.45. The molecule has 0 saturated carbocycles. The number of rotatable bonds is 9. The second-order valence-corrected chi connectivity index (χ2v) is 7.99. The zero-order valence-corrected chi connectivity index (χ0v) is 18.3. The molecule has 0 fully saturated rings. The van der Waals surface area contributed by atoms with Gasteiger partial charge in [0.05, 0.1) is 30.0 Å². The summed E-state index contributed by atoms with van der Waals surface area (Å²) in [6.45, 7) is 1.72. The fourth-order valence-electron chi connectivity index (χ4n) is 3.63. The highest BCUT2D eigenvalue weighted by atomic mass is 79.9. The van der Waals surface area contributed by atoms with Crippen LogP contribution < -0.4 is 0 Å². The normalized spacial score (nSPS) is 14.5. The molecule has 2 aromatic carbocycles. The number of oxime groups is 1. The fraction of sp³-hybridized carbons (Fsp3) is 0.273. The molecule has 3 aromatic rings. The first-order valence-electron chi connectivity index (χ1n) is 9.95. The number of H-pyrrole nitrogens is 1. The molecule has 0 saturated heterocycles. The Morgan fingerprint density at radius 1 is 1.06 bits per heavy atom. The van der Waals surface area contributed by atoms with Gasteiger partial charge in [-0.1, -0.05) is 45.4 Å². The fourth-order valence-corrected chi connectivity index (χ4v) is 3.99. The van der Waals surface area contributed by atoms with Crippen LogP contribution in [-0.2, 0) is 4.84 Å². The van der Waals surface area contributed by atoms with Gasteiger partial charge >= 0.3 is 0 Å². The molecule has 4 N–H and O–H groups in total. The minimum Gasteiger partial charge on any atom is -0.494 e. The first kappa shape index (κ1) is 21.5. The van der Waals surface area contributed by atoms with E-state index in [2.05, 4.69) is 26.1 Å². The lowest BCUT2D eigenvalue weighted by Crippen LogP contribution is -2.32. The summed E-state index contributed by atoms with van der Waals surface area (Å²) in [6.07, 6.45) is 0. The summed E-state index contributed by atoms with van der Waals surface area (Å²) in [5.74, 6) is 0.0180. The molecule has 0 amide bonds. The lowest BCUT2D eigenvalue weighted by molar-refractivity contribution is 0.0919. The molecule has 8 nitrogen and oxygen atoms in total. The Hall–Kier alpha value is -2.72. The van der Waals surface area contributed by atoms with Crippen LogP contribution in [0.25, 0.3) is 10.9 Å². The first-order valence-corrected chi connectivity index (χ1v) is 10.7. The summed E-state index contributed by atoms with van der Waals surface area (Å²) < 4.78 is 0.900. The van der Waals surface area contributed by atoms with Gasteiger partial charge in [-0.25, -0.2) is 4.99 Å². The van der Waals surface area contributed by atoms with Crippen molar-refractivity contribution in [3.63, 3.8) is 0 Å². The van der Waals surface area contributed by atoms with Crippen molar-refractivity contribution in [2.75, 3.05) is 39.5 Å². The average Bonchev–Trinajstić information content (AvgIpc) is 3.27. The average molecular weight is 487 g/mol. The number of halogens is 1. The van der Waals surface area contributed by atoms with Crippen LogP contribution in [0.15, 0.2) is 57.1 Å². The van der Waals surface area contributed by atoms with Gasteiger partial charge in [0.2, 0.25) is 0 Å². The van der Waals surface area contributed by atoms with Crippen LogP contribution in [0.2, 0.25) is 0 Å². The summed E-state index contributed by atoms with van der Waals surface area (Å²) in [5.41, 5.74) is 4.02. The number of aromatic hydroxyl groups is 1. The monoisotopic (exact) mass is 486 g/mol. The molecule has 0 atom stereocenters. The molecule has 4 rings (SSSR count). The second kappa shape index (κ2) is 9.61. The molecule has 1 aliphatic heterocycles. The van der Waals surface area contributed by atoms with Gasteiger partial charge < -0.3 is 25.1 Å². The number of nitrogens with zero attached hydrogens (tertiary/aromatic N) is 3. The molecule has 31 heavy (non-hydrogen) atoms. The Balaban J connectivity index is 1.64.